The second kappa shape index (κ2) is 8.75. The van der Waals surface area contributed by atoms with E-state index in [0.29, 0.717) is 40.3 Å². The zero-order chi connectivity index (χ0) is 20.1. The van der Waals surface area contributed by atoms with E-state index in [2.05, 4.69) is 10.1 Å². The molecule has 1 heterocycles. The van der Waals surface area contributed by atoms with E-state index in [4.69, 9.17) is 25.6 Å². The molecule has 3 aromatic rings. The van der Waals surface area contributed by atoms with Crippen molar-refractivity contribution in [3.05, 3.63) is 58.9 Å². The van der Waals surface area contributed by atoms with Gasteiger partial charge in [0.05, 0.1) is 14.2 Å². The minimum absolute atomic E-state index is 0.189. The molecular weight excluding hydrogens is 382 g/mol. The molecule has 8 heteroatoms. The Bertz CT molecular complexity index is 934. The standard InChI is InChI=1S/C20H20ClN3O4/c1-4-24(20(25)14-9-16(26-2)11-17(10-14)27-3)12-18-22-19(23-28-18)13-5-7-15(21)8-6-13/h5-11H,4,12H2,1-3H3. The van der Waals surface area contributed by atoms with Gasteiger partial charge in [0.15, 0.2) is 0 Å². The van der Waals surface area contributed by atoms with Gasteiger partial charge < -0.3 is 18.9 Å². The number of carbonyl (C=O) groups is 1. The van der Waals surface area contributed by atoms with Gasteiger partial charge in [0, 0.05) is 28.8 Å². The molecule has 0 aliphatic heterocycles. The van der Waals surface area contributed by atoms with Gasteiger partial charge in [0.2, 0.25) is 11.7 Å². The highest BCUT2D eigenvalue weighted by Gasteiger charge is 2.20. The van der Waals surface area contributed by atoms with E-state index in [0.717, 1.165) is 5.56 Å². The quantitative estimate of drug-likeness (QED) is 0.593. The molecule has 0 bridgehead atoms. The van der Waals surface area contributed by atoms with E-state index in [1.165, 1.54) is 14.2 Å². The maximum atomic E-state index is 12.9. The van der Waals surface area contributed by atoms with Gasteiger partial charge in [-0.15, -0.1) is 0 Å². The van der Waals surface area contributed by atoms with E-state index < -0.39 is 0 Å². The van der Waals surface area contributed by atoms with Crippen molar-refractivity contribution in [3.63, 3.8) is 0 Å². The lowest BCUT2D eigenvalue weighted by Gasteiger charge is -2.19. The van der Waals surface area contributed by atoms with Gasteiger partial charge in [-0.25, -0.2) is 0 Å². The van der Waals surface area contributed by atoms with Crippen LogP contribution in [0.2, 0.25) is 5.02 Å². The van der Waals surface area contributed by atoms with Crippen LogP contribution in [0.5, 0.6) is 11.5 Å². The summed E-state index contributed by atoms with van der Waals surface area (Å²) in [5.74, 6) is 1.68. The van der Waals surface area contributed by atoms with Crippen molar-refractivity contribution in [2.75, 3.05) is 20.8 Å². The van der Waals surface area contributed by atoms with Gasteiger partial charge in [0.25, 0.3) is 5.91 Å². The smallest absolute Gasteiger partial charge is 0.254 e. The minimum Gasteiger partial charge on any atom is -0.497 e. The summed E-state index contributed by atoms with van der Waals surface area (Å²) >= 11 is 5.90. The summed E-state index contributed by atoms with van der Waals surface area (Å²) in [6, 6.07) is 12.2. The molecule has 0 aliphatic carbocycles. The lowest BCUT2D eigenvalue weighted by Crippen LogP contribution is -2.30. The number of halogens is 1. The fraction of sp³-hybridized carbons (Fsp3) is 0.250. The van der Waals surface area contributed by atoms with E-state index >= 15 is 0 Å². The van der Waals surface area contributed by atoms with Crippen LogP contribution in [0.25, 0.3) is 11.4 Å². The number of hydrogen-bond acceptors (Lipinski definition) is 6. The second-order valence-corrected chi connectivity index (χ2v) is 6.38. The monoisotopic (exact) mass is 401 g/mol. The van der Waals surface area contributed by atoms with Crippen LogP contribution in [0.1, 0.15) is 23.2 Å². The molecule has 0 saturated carbocycles. The van der Waals surface area contributed by atoms with Crippen LogP contribution in [0.15, 0.2) is 47.0 Å². The van der Waals surface area contributed by atoms with Crippen molar-refractivity contribution in [1.29, 1.82) is 0 Å². The van der Waals surface area contributed by atoms with Crippen molar-refractivity contribution < 1.29 is 18.8 Å². The molecule has 0 spiro atoms. The zero-order valence-corrected chi connectivity index (χ0v) is 16.6. The Morgan fingerprint density at radius 1 is 1.11 bits per heavy atom. The summed E-state index contributed by atoms with van der Waals surface area (Å²) in [6.07, 6.45) is 0. The first kappa shape index (κ1) is 19.7. The number of amides is 1. The van der Waals surface area contributed by atoms with Crippen LogP contribution in [0.3, 0.4) is 0 Å². The number of benzene rings is 2. The third kappa shape index (κ3) is 4.43. The summed E-state index contributed by atoms with van der Waals surface area (Å²) in [6.45, 7) is 2.54. The van der Waals surface area contributed by atoms with Gasteiger partial charge in [-0.05, 0) is 43.3 Å². The molecule has 1 amide bonds. The Labute approximate surface area is 167 Å². The van der Waals surface area contributed by atoms with Crippen LogP contribution in [-0.4, -0.2) is 41.7 Å². The molecule has 0 saturated heterocycles. The van der Waals surface area contributed by atoms with E-state index in [1.54, 1.807) is 35.2 Å². The molecule has 2 aromatic carbocycles. The predicted molar refractivity (Wildman–Crippen MR) is 105 cm³/mol. The average Bonchev–Trinajstić information content (AvgIpc) is 3.20. The summed E-state index contributed by atoms with van der Waals surface area (Å²) in [7, 11) is 3.08. The van der Waals surface area contributed by atoms with Gasteiger partial charge in [-0.2, -0.15) is 4.98 Å². The number of methoxy groups -OCH3 is 2. The van der Waals surface area contributed by atoms with Crippen LogP contribution in [-0.2, 0) is 6.54 Å². The number of rotatable bonds is 7. The van der Waals surface area contributed by atoms with Crippen molar-refractivity contribution in [3.8, 4) is 22.9 Å². The van der Waals surface area contributed by atoms with Crippen molar-refractivity contribution >= 4 is 17.5 Å². The summed E-state index contributed by atoms with van der Waals surface area (Å²) in [4.78, 5) is 18.9. The summed E-state index contributed by atoms with van der Waals surface area (Å²) in [5, 5.41) is 4.61. The molecule has 28 heavy (non-hydrogen) atoms. The Morgan fingerprint density at radius 2 is 1.75 bits per heavy atom. The van der Waals surface area contributed by atoms with Crippen LogP contribution in [0.4, 0.5) is 0 Å². The van der Waals surface area contributed by atoms with Gasteiger partial charge in [-0.3, -0.25) is 4.79 Å². The highest BCUT2D eigenvalue weighted by molar-refractivity contribution is 6.30. The van der Waals surface area contributed by atoms with Gasteiger partial charge in [-0.1, -0.05) is 16.8 Å². The number of carbonyl (C=O) groups excluding carboxylic acids is 1. The molecule has 0 N–H and O–H groups in total. The number of nitrogens with zero attached hydrogens (tertiary/aromatic N) is 3. The molecule has 0 radical (unpaired) electrons. The van der Waals surface area contributed by atoms with Gasteiger partial charge in [0.1, 0.15) is 18.0 Å². The SMILES string of the molecule is CCN(Cc1nc(-c2ccc(Cl)cc2)no1)C(=O)c1cc(OC)cc(OC)c1. The Morgan fingerprint density at radius 3 is 2.32 bits per heavy atom. The maximum Gasteiger partial charge on any atom is 0.254 e. The summed E-state index contributed by atoms with van der Waals surface area (Å²) in [5.41, 5.74) is 1.24. The second-order valence-electron chi connectivity index (χ2n) is 5.94. The average molecular weight is 402 g/mol. The van der Waals surface area contributed by atoms with E-state index in [-0.39, 0.29) is 12.5 Å². The molecular formula is C20H20ClN3O4. The molecule has 0 aliphatic rings. The number of hydrogen-bond donors (Lipinski definition) is 0. The largest absolute Gasteiger partial charge is 0.497 e. The normalized spacial score (nSPS) is 10.6. The highest BCUT2D eigenvalue weighted by atomic mass is 35.5. The van der Waals surface area contributed by atoms with E-state index in [9.17, 15) is 4.79 Å². The zero-order valence-electron chi connectivity index (χ0n) is 15.8. The van der Waals surface area contributed by atoms with Gasteiger partial charge >= 0.3 is 0 Å². The number of aromatic nitrogens is 2. The number of ether oxygens (including phenoxy) is 2. The first-order valence-electron chi connectivity index (χ1n) is 8.65. The van der Waals surface area contributed by atoms with Crippen molar-refractivity contribution in [2.24, 2.45) is 0 Å². The molecule has 146 valence electrons. The topological polar surface area (TPSA) is 77.7 Å². The molecule has 0 atom stereocenters. The predicted octanol–water partition coefficient (Wildman–Crippen LogP) is 4.07. The Kier molecular flexibility index (Phi) is 6.16. The van der Waals surface area contributed by atoms with Crippen LogP contribution >= 0.6 is 11.6 Å². The first-order chi connectivity index (χ1) is 13.5. The fourth-order valence-corrected chi connectivity index (χ4v) is 2.77. The Balaban J connectivity index is 1.79. The van der Waals surface area contributed by atoms with Crippen LogP contribution < -0.4 is 9.47 Å². The lowest BCUT2D eigenvalue weighted by molar-refractivity contribution is 0.0733. The highest BCUT2D eigenvalue weighted by Crippen LogP contribution is 2.24. The summed E-state index contributed by atoms with van der Waals surface area (Å²) < 4.78 is 15.8. The van der Waals surface area contributed by atoms with E-state index in [1.807, 2.05) is 19.1 Å². The van der Waals surface area contributed by atoms with Crippen molar-refractivity contribution in [1.82, 2.24) is 15.0 Å². The third-order valence-electron chi connectivity index (χ3n) is 4.16. The fourth-order valence-electron chi connectivity index (χ4n) is 2.64. The third-order valence-corrected chi connectivity index (χ3v) is 4.42. The molecule has 3 rings (SSSR count). The van der Waals surface area contributed by atoms with Crippen molar-refractivity contribution in [2.45, 2.75) is 13.5 Å². The Hall–Kier alpha value is -3.06. The maximum absolute atomic E-state index is 12.9. The lowest BCUT2D eigenvalue weighted by atomic mass is 10.1. The molecule has 0 unspecified atom stereocenters. The van der Waals surface area contributed by atoms with Crippen LogP contribution in [0, 0.1) is 0 Å². The molecule has 0 fully saturated rings. The molecule has 1 aromatic heterocycles. The minimum atomic E-state index is -0.189. The molecule has 7 nitrogen and oxygen atoms in total. The first-order valence-corrected chi connectivity index (χ1v) is 9.02.